The zero-order valence-electron chi connectivity index (χ0n) is 17.1. The van der Waals surface area contributed by atoms with Crippen LogP contribution in [0.15, 0.2) is 53.6 Å². The molecule has 0 aromatic heterocycles. The molecule has 0 heterocycles. The normalized spacial score (nSPS) is 10.8. The number of hydrogen-bond donors (Lipinski definition) is 2. The molecular formula is C21H26N4O4. The van der Waals surface area contributed by atoms with Gasteiger partial charge >= 0.3 is 0 Å². The molecule has 0 fully saturated rings. The Morgan fingerprint density at radius 3 is 2.45 bits per heavy atom. The molecule has 0 saturated carbocycles. The van der Waals surface area contributed by atoms with E-state index < -0.39 is 0 Å². The van der Waals surface area contributed by atoms with Crippen molar-refractivity contribution in [1.82, 2.24) is 10.3 Å². The van der Waals surface area contributed by atoms with Crippen molar-refractivity contribution >= 4 is 23.2 Å². The summed E-state index contributed by atoms with van der Waals surface area (Å²) in [4.78, 5) is 25.0. The van der Waals surface area contributed by atoms with E-state index in [1.807, 2.05) is 30.3 Å². The highest BCUT2D eigenvalue weighted by Gasteiger charge is 2.06. The molecule has 0 aliphatic rings. The van der Waals surface area contributed by atoms with Crippen molar-refractivity contribution in [2.75, 3.05) is 39.7 Å². The third-order valence-corrected chi connectivity index (χ3v) is 4.00. The minimum absolute atomic E-state index is 0.0181. The molecule has 154 valence electrons. The van der Waals surface area contributed by atoms with Gasteiger partial charge in [0.2, 0.25) is 0 Å². The Morgan fingerprint density at radius 2 is 1.79 bits per heavy atom. The van der Waals surface area contributed by atoms with Crippen molar-refractivity contribution in [3.05, 3.63) is 54.1 Å². The summed E-state index contributed by atoms with van der Waals surface area (Å²) in [7, 11) is 4.94. The molecule has 2 rings (SSSR count). The van der Waals surface area contributed by atoms with E-state index in [9.17, 15) is 9.59 Å². The summed E-state index contributed by atoms with van der Waals surface area (Å²) in [5.41, 5.74) is 4.78. The van der Waals surface area contributed by atoms with Crippen LogP contribution in [-0.2, 0) is 9.59 Å². The number of hydrogen-bond acceptors (Lipinski definition) is 6. The lowest BCUT2D eigenvalue weighted by atomic mass is 10.1. The first-order chi connectivity index (χ1) is 13.9. The van der Waals surface area contributed by atoms with Gasteiger partial charge < -0.3 is 19.7 Å². The van der Waals surface area contributed by atoms with E-state index in [2.05, 4.69) is 15.8 Å². The van der Waals surface area contributed by atoms with Gasteiger partial charge in [-0.15, -0.1) is 0 Å². The Balaban J connectivity index is 1.83. The third-order valence-electron chi connectivity index (χ3n) is 4.00. The molecule has 0 aliphatic carbocycles. The number of methoxy groups -OCH3 is 1. The highest BCUT2D eigenvalue weighted by molar-refractivity contribution is 5.99. The number of amides is 2. The maximum Gasteiger partial charge on any atom is 0.259 e. The number of likely N-dealkylation sites (N-methyl/N-ethyl adjacent to an activating group) is 1. The van der Waals surface area contributed by atoms with Crippen LogP contribution < -0.4 is 20.2 Å². The van der Waals surface area contributed by atoms with Gasteiger partial charge in [-0.05, 0) is 48.9 Å². The third kappa shape index (κ3) is 7.17. The Kier molecular flexibility index (Phi) is 8.02. The minimum Gasteiger partial charge on any atom is -0.497 e. The summed E-state index contributed by atoms with van der Waals surface area (Å²) >= 11 is 0. The molecule has 0 unspecified atom stereocenters. The van der Waals surface area contributed by atoms with Crippen molar-refractivity contribution in [1.29, 1.82) is 0 Å². The predicted octanol–water partition coefficient (Wildman–Crippen LogP) is 2.11. The lowest BCUT2D eigenvalue weighted by molar-refractivity contribution is -0.130. The lowest BCUT2D eigenvalue weighted by Crippen LogP contribution is -2.27. The second kappa shape index (κ2) is 10.7. The summed E-state index contributed by atoms with van der Waals surface area (Å²) in [6, 6.07) is 14.5. The molecule has 0 spiro atoms. The number of benzene rings is 2. The summed E-state index contributed by atoms with van der Waals surface area (Å²) < 4.78 is 10.6. The van der Waals surface area contributed by atoms with Crippen molar-refractivity contribution in [3.63, 3.8) is 0 Å². The van der Waals surface area contributed by atoms with Gasteiger partial charge in [0.25, 0.3) is 11.8 Å². The Morgan fingerprint density at radius 1 is 1.07 bits per heavy atom. The van der Waals surface area contributed by atoms with E-state index in [0.717, 1.165) is 11.3 Å². The molecule has 2 N–H and O–H groups in total. The molecule has 0 radical (unpaired) electrons. The minimum atomic E-state index is -0.269. The van der Waals surface area contributed by atoms with Crippen LogP contribution in [0.3, 0.4) is 0 Å². The highest BCUT2D eigenvalue weighted by atomic mass is 16.5. The number of anilines is 1. The van der Waals surface area contributed by atoms with Crippen LogP contribution in [0.25, 0.3) is 0 Å². The van der Waals surface area contributed by atoms with E-state index in [1.165, 1.54) is 4.90 Å². The molecule has 0 atom stereocenters. The van der Waals surface area contributed by atoms with Gasteiger partial charge in [-0.3, -0.25) is 9.59 Å². The smallest absolute Gasteiger partial charge is 0.259 e. The summed E-state index contributed by atoms with van der Waals surface area (Å²) in [6.45, 7) is 1.85. The van der Waals surface area contributed by atoms with Crippen molar-refractivity contribution in [2.45, 2.75) is 6.92 Å². The zero-order chi connectivity index (χ0) is 21.2. The number of nitrogens with one attached hydrogen (secondary N) is 2. The Labute approximate surface area is 170 Å². The molecule has 0 bridgehead atoms. The van der Waals surface area contributed by atoms with Crippen LogP contribution in [0.2, 0.25) is 0 Å². The van der Waals surface area contributed by atoms with Crippen LogP contribution in [0.1, 0.15) is 12.5 Å². The van der Waals surface area contributed by atoms with Gasteiger partial charge in [0, 0.05) is 25.8 Å². The van der Waals surface area contributed by atoms with Crippen molar-refractivity contribution in [2.24, 2.45) is 5.10 Å². The lowest BCUT2D eigenvalue weighted by Gasteiger charge is -2.11. The van der Waals surface area contributed by atoms with Crippen LogP contribution >= 0.6 is 0 Å². The number of hydrazone groups is 1. The molecule has 2 amide bonds. The molecule has 29 heavy (non-hydrogen) atoms. The quantitative estimate of drug-likeness (QED) is 0.499. The van der Waals surface area contributed by atoms with E-state index in [1.54, 1.807) is 46.3 Å². The molecule has 2 aromatic carbocycles. The van der Waals surface area contributed by atoms with Gasteiger partial charge in [0.15, 0.2) is 6.61 Å². The Bertz CT molecular complexity index is 863. The van der Waals surface area contributed by atoms with Gasteiger partial charge in [0.1, 0.15) is 11.5 Å². The number of ether oxygens (including phenoxy) is 2. The number of carbonyl (C=O) groups excluding carboxylic acids is 2. The fourth-order valence-electron chi connectivity index (χ4n) is 2.23. The second-order valence-electron chi connectivity index (χ2n) is 6.42. The number of carbonyl (C=O) groups is 2. The zero-order valence-corrected chi connectivity index (χ0v) is 17.1. The van der Waals surface area contributed by atoms with E-state index >= 15 is 0 Å². The largest absolute Gasteiger partial charge is 0.497 e. The van der Waals surface area contributed by atoms with Gasteiger partial charge in [0.05, 0.1) is 19.4 Å². The fraction of sp³-hybridized carbons (Fsp3) is 0.286. The standard InChI is InChI=1S/C21H26N4O4/c1-15(16-8-10-18(11-9-16)29-14-21(27)25(2)3)23-24-20(26)13-22-17-6-5-7-19(12-17)28-4/h5-12,22H,13-14H2,1-4H3,(H,24,26)/b23-15-. The predicted molar refractivity (Wildman–Crippen MR) is 112 cm³/mol. The van der Waals surface area contributed by atoms with Crippen LogP contribution in [0.4, 0.5) is 5.69 Å². The molecule has 2 aromatic rings. The van der Waals surface area contributed by atoms with Crippen molar-refractivity contribution in [3.8, 4) is 11.5 Å². The highest BCUT2D eigenvalue weighted by Crippen LogP contribution is 2.16. The maximum absolute atomic E-state index is 12.0. The second-order valence-corrected chi connectivity index (χ2v) is 6.42. The number of rotatable bonds is 9. The topological polar surface area (TPSA) is 92.3 Å². The summed E-state index contributed by atoms with van der Waals surface area (Å²) in [5.74, 6) is 0.914. The summed E-state index contributed by atoms with van der Waals surface area (Å²) in [6.07, 6.45) is 0. The summed E-state index contributed by atoms with van der Waals surface area (Å²) in [5, 5.41) is 7.13. The number of nitrogens with zero attached hydrogens (tertiary/aromatic N) is 2. The molecule has 8 heteroatoms. The fourth-order valence-corrected chi connectivity index (χ4v) is 2.23. The van der Waals surface area contributed by atoms with E-state index in [0.29, 0.717) is 17.2 Å². The molecule has 8 nitrogen and oxygen atoms in total. The molecule has 0 aliphatic heterocycles. The average Bonchev–Trinajstić information content (AvgIpc) is 2.74. The van der Waals surface area contributed by atoms with Gasteiger partial charge in [-0.1, -0.05) is 6.07 Å². The van der Waals surface area contributed by atoms with Gasteiger partial charge in [-0.2, -0.15) is 5.10 Å². The maximum atomic E-state index is 12.0. The van der Waals surface area contributed by atoms with Crippen LogP contribution in [0.5, 0.6) is 11.5 Å². The van der Waals surface area contributed by atoms with Gasteiger partial charge in [-0.25, -0.2) is 5.43 Å². The SMILES string of the molecule is COc1cccc(NCC(=O)N/N=C(/C)c2ccc(OCC(=O)N(C)C)cc2)c1. The first kappa shape index (κ1) is 21.7. The van der Waals surface area contributed by atoms with Crippen molar-refractivity contribution < 1.29 is 19.1 Å². The van der Waals surface area contributed by atoms with Crippen LogP contribution in [0, 0.1) is 0 Å². The first-order valence-electron chi connectivity index (χ1n) is 9.03. The first-order valence-corrected chi connectivity index (χ1v) is 9.03. The Hall–Kier alpha value is -3.55. The molecule has 0 saturated heterocycles. The van der Waals surface area contributed by atoms with Crippen LogP contribution in [-0.4, -0.2) is 56.8 Å². The molecular weight excluding hydrogens is 372 g/mol. The monoisotopic (exact) mass is 398 g/mol. The van der Waals surface area contributed by atoms with E-state index in [4.69, 9.17) is 9.47 Å². The average molecular weight is 398 g/mol. The van der Waals surface area contributed by atoms with E-state index in [-0.39, 0.29) is 25.0 Å².